The minimum absolute atomic E-state index is 0.0788. The average Bonchev–Trinajstić information content (AvgIpc) is 3.16. The van der Waals surface area contributed by atoms with Crippen LogP contribution in [0.3, 0.4) is 0 Å². The van der Waals surface area contributed by atoms with Crippen molar-refractivity contribution < 1.29 is 34.1 Å². The van der Waals surface area contributed by atoms with E-state index in [9.17, 15) is 9.59 Å². The van der Waals surface area contributed by atoms with Gasteiger partial charge in [-0.15, -0.1) is 11.3 Å². The second-order valence-electron chi connectivity index (χ2n) is 5.36. The summed E-state index contributed by atoms with van der Waals surface area (Å²) < 4.78 is 4.96. The number of carboxylic acid groups (broad SMARTS) is 2. The smallest absolute Gasteiger partial charge is 0.414 e. The Bertz CT molecular complexity index is 616. The van der Waals surface area contributed by atoms with E-state index >= 15 is 0 Å². The molecule has 0 aromatic carbocycles. The van der Waals surface area contributed by atoms with Gasteiger partial charge in [0.2, 0.25) is 5.91 Å². The maximum atomic E-state index is 12.1. The third kappa shape index (κ3) is 8.51. The summed E-state index contributed by atoms with van der Waals surface area (Å²) in [4.78, 5) is 46.5. The van der Waals surface area contributed by atoms with Gasteiger partial charge in [-0.25, -0.2) is 14.4 Å². The first kappa shape index (κ1) is 22.4. The lowest BCUT2D eigenvalue weighted by molar-refractivity contribution is -0.159. The average molecular weight is 401 g/mol. The summed E-state index contributed by atoms with van der Waals surface area (Å²) in [6.45, 7) is 5.42. The highest BCUT2D eigenvalue weighted by Crippen LogP contribution is 2.07. The molecule has 1 fully saturated rings. The zero-order valence-electron chi connectivity index (χ0n) is 14.9. The Balaban J connectivity index is 0.000000527. The number of amides is 2. The molecule has 1 aliphatic heterocycles. The molecule has 0 spiro atoms. The summed E-state index contributed by atoms with van der Waals surface area (Å²) in [5.41, 5.74) is 0. The van der Waals surface area contributed by atoms with E-state index < -0.39 is 11.9 Å². The molecule has 0 bridgehead atoms. The summed E-state index contributed by atoms with van der Waals surface area (Å²) in [6, 6.07) is 4.04. The summed E-state index contributed by atoms with van der Waals surface area (Å²) >= 11 is 1.67. The Morgan fingerprint density at radius 2 is 1.70 bits per heavy atom. The first-order chi connectivity index (χ1) is 12.8. The highest BCUT2D eigenvalue weighted by Gasteiger charge is 2.24. The van der Waals surface area contributed by atoms with Crippen molar-refractivity contribution in [3.8, 4) is 0 Å². The minimum Gasteiger partial charge on any atom is -0.473 e. The molecular formula is C16H23N3O7S. The number of carbonyl (C=O) groups is 4. The van der Waals surface area contributed by atoms with Gasteiger partial charge in [0.25, 0.3) is 0 Å². The molecule has 1 aromatic rings. The van der Waals surface area contributed by atoms with Crippen molar-refractivity contribution in [2.45, 2.75) is 13.5 Å². The van der Waals surface area contributed by atoms with Crippen molar-refractivity contribution in [3.05, 3.63) is 22.4 Å². The van der Waals surface area contributed by atoms with E-state index in [0.29, 0.717) is 45.9 Å². The van der Waals surface area contributed by atoms with Gasteiger partial charge in [-0.1, -0.05) is 6.07 Å². The van der Waals surface area contributed by atoms with E-state index in [4.69, 9.17) is 24.5 Å². The van der Waals surface area contributed by atoms with Gasteiger partial charge in [-0.05, 0) is 18.4 Å². The zero-order chi connectivity index (χ0) is 20.2. The predicted molar refractivity (Wildman–Crippen MR) is 96.5 cm³/mol. The van der Waals surface area contributed by atoms with E-state index in [0.717, 1.165) is 0 Å². The Morgan fingerprint density at radius 1 is 1.11 bits per heavy atom. The van der Waals surface area contributed by atoms with Crippen LogP contribution < -0.4 is 5.32 Å². The predicted octanol–water partition coefficient (Wildman–Crippen LogP) is 0.294. The first-order valence-corrected chi connectivity index (χ1v) is 9.11. The molecule has 0 atom stereocenters. The Morgan fingerprint density at radius 3 is 2.19 bits per heavy atom. The van der Waals surface area contributed by atoms with E-state index in [1.54, 1.807) is 28.1 Å². The molecular weight excluding hydrogens is 378 g/mol. The van der Waals surface area contributed by atoms with Crippen molar-refractivity contribution in [1.29, 1.82) is 0 Å². The van der Waals surface area contributed by atoms with Gasteiger partial charge in [0.1, 0.15) is 0 Å². The molecule has 2 rings (SSSR count). The number of nitrogens with one attached hydrogen (secondary N) is 1. The lowest BCUT2D eigenvalue weighted by Crippen LogP contribution is -2.52. The van der Waals surface area contributed by atoms with Crippen LogP contribution in [0, 0.1) is 0 Å². The van der Waals surface area contributed by atoms with E-state index in [-0.39, 0.29) is 12.0 Å². The maximum absolute atomic E-state index is 12.1. The van der Waals surface area contributed by atoms with Gasteiger partial charge in [-0.2, -0.15) is 0 Å². The van der Waals surface area contributed by atoms with Crippen LogP contribution in [0.25, 0.3) is 0 Å². The van der Waals surface area contributed by atoms with Gasteiger partial charge in [0.15, 0.2) is 0 Å². The summed E-state index contributed by atoms with van der Waals surface area (Å²) in [6.07, 6.45) is -0.291. The molecule has 10 nitrogen and oxygen atoms in total. The molecule has 150 valence electrons. The van der Waals surface area contributed by atoms with E-state index in [1.807, 2.05) is 17.5 Å². The number of hydrogen-bond acceptors (Lipinski definition) is 7. The first-order valence-electron chi connectivity index (χ1n) is 8.24. The van der Waals surface area contributed by atoms with E-state index in [2.05, 4.69) is 5.32 Å². The molecule has 27 heavy (non-hydrogen) atoms. The number of ether oxygens (including phenoxy) is 1. The second kappa shape index (κ2) is 11.9. The van der Waals surface area contributed by atoms with Crippen LogP contribution in [0.1, 0.15) is 11.8 Å². The monoisotopic (exact) mass is 401 g/mol. The number of carbonyl (C=O) groups excluding carboxylic acids is 2. The summed E-state index contributed by atoms with van der Waals surface area (Å²) in [5.74, 6) is -3.57. The molecule has 3 N–H and O–H groups in total. The van der Waals surface area contributed by atoms with Gasteiger partial charge >= 0.3 is 18.0 Å². The highest BCUT2D eigenvalue weighted by atomic mass is 32.1. The molecule has 1 aromatic heterocycles. The number of carboxylic acids is 2. The molecule has 0 saturated carbocycles. The van der Waals surface area contributed by atoms with Gasteiger partial charge in [-0.3, -0.25) is 4.79 Å². The molecule has 0 unspecified atom stereocenters. The topological polar surface area (TPSA) is 136 Å². The van der Waals surface area contributed by atoms with E-state index in [1.165, 1.54) is 4.88 Å². The molecule has 0 radical (unpaired) electrons. The van der Waals surface area contributed by atoms with Crippen LogP contribution >= 0.6 is 11.3 Å². The van der Waals surface area contributed by atoms with Crippen molar-refractivity contribution in [2.75, 3.05) is 39.3 Å². The van der Waals surface area contributed by atoms with Gasteiger partial charge < -0.3 is 30.1 Å². The van der Waals surface area contributed by atoms with Crippen LogP contribution in [-0.4, -0.2) is 83.3 Å². The lowest BCUT2D eigenvalue weighted by atomic mass is 10.3. The standard InChI is InChI=1S/C14H21N3O3S.C2H2O4/c1-2-20-14(19)17-7-5-16(6-8-17)13(18)11-15-10-12-4-3-9-21-12;3-1(4)2(5)6/h3-4,9,15H,2,5-8,10-11H2,1H3;(H,3,4)(H,5,6). The fourth-order valence-corrected chi connectivity index (χ4v) is 2.85. The molecule has 0 aliphatic carbocycles. The number of rotatable bonds is 5. The van der Waals surface area contributed by atoms with Crippen molar-refractivity contribution in [1.82, 2.24) is 15.1 Å². The quantitative estimate of drug-likeness (QED) is 0.599. The molecule has 11 heteroatoms. The number of aliphatic carboxylic acids is 2. The minimum atomic E-state index is -1.82. The fraction of sp³-hybridized carbons (Fsp3) is 0.500. The van der Waals surface area contributed by atoms with Crippen molar-refractivity contribution in [3.63, 3.8) is 0 Å². The third-order valence-electron chi connectivity index (χ3n) is 3.50. The van der Waals surface area contributed by atoms with Crippen LogP contribution in [0.15, 0.2) is 17.5 Å². The Labute approximate surface area is 160 Å². The number of nitrogens with zero attached hydrogens (tertiary/aromatic N) is 2. The normalized spacial score (nSPS) is 13.4. The number of piperazine rings is 1. The van der Waals surface area contributed by atoms with Gasteiger partial charge in [0.05, 0.1) is 13.2 Å². The summed E-state index contributed by atoms with van der Waals surface area (Å²) in [7, 11) is 0. The molecule has 2 amide bonds. The number of thiophene rings is 1. The third-order valence-corrected chi connectivity index (χ3v) is 4.37. The van der Waals surface area contributed by atoms with Crippen LogP contribution in [0.5, 0.6) is 0 Å². The largest absolute Gasteiger partial charge is 0.473 e. The summed E-state index contributed by atoms with van der Waals surface area (Å²) in [5, 5.41) is 20.0. The van der Waals surface area contributed by atoms with Crippen LogP contribution in [-0.2, 0) is 25.7 Å². The highest BCUT2D eigenvalue weighted by molar-refractivity contribution is 7.09. The fourth-order valence-electron chi connectivity index (χ4n) is 2.17. The van der Waals surface area contributed by atoms with Crippen molar-refractivity contribution in [2.24, 2.45) is 0 Å². The van der Waals surface area contributed by atoms with Crippen molar-refractivity contribution >= 4 is 35.3 Å². The van der Waals surface area contributed by atoms with Crippen LogP contribution in [0.2, 0.25) is 0 Å². The Kier molecular flexibility index (Phi) is 9.83. The SMILES string of the molecule is CCOC(=O)N1CCN(C(=O)CNCc2cccs2)CC1.O=C(O)C(=O)O. The molecule has 1 aliphatic rings. The zero-order valence-corrected chi connectivity index (χ0v) is 15.7. The lowest BCUT2D eigenvalue weighted by Gasteiger charge is -2.34. The molecule has 2 heterocycles. The Hall–Kier alpha value is -2.66. The van der Waals surface area contributed by atoms with Crippen LogP contribution in [0.4, 0.5) is 4.79 Å². The maximum Gasteiger partial charge on any atom is 0.414 e. The van der Waals surface area contributed by atoms with Gasteiger partial charge in [0, 0.05) is 37.6 Å². The number of hydrogen-bond donors (Lipinski definition) is 3. The second-order valence-corrected chi connectivity index (χ2v) is 6.39. The molecule has 1 saturated heterocycles.